The van der Waals surface area contributed by atoms with Crippen LogP contribution < -0.4 is 10.6 Å². The molecule has 0 saturated heterocycles. The lowest BCUT2D eigenvalue weighted by molar-refractivity contribution is 0.0411. The number of alkyl carbamates (subject to hydrolysis) is 1. The summed E-state index contributed by atoms with van der Waals surface area (Å²) in [7, 11) is 0. The molecule has 0 bridgehead atoms. The number of nitrogens with one attached hydrogen (secondary N) is 3. The molecule has 1 aliphatic rings. The predicted octanol–water partition coefficient (Wildman–Crippen LogP) is 4.98. The molecule has 0 aliphatic heterocycles. The van der Waals surface area contributed by atoms with E-state index in [2.05, 4.69) is 42.8 Å². The molecule has 200 valence electrons. The minimum Gasteiger partial charge on any atom is -0.444 e. The summed E-state index contributed by atoms with van der Waals surface area (Å²) in [5.41, 5.74) is 1.33. The van der Waals surface area contributed by atoms with E-state index in [-0.39, 0.29) is 13.0 Å². The van der Waals surface area contributed by atoms with Crippen LogP contribution in [0.15, 0.2) is 40.3 Å². The van der Waals surface area contributed by atoms with E-state index >= 15 is 0 Å². The summed E-state index contributed by atoms with van der Waals surface area (Å²) in [6.07, 6.45) is 2.29. The molecule has 1 aromatic carbocycles. The van der Waals surface area contributed by atoms with Crippen LogP contribution in [0.5, 0.6) is 0 Å². The number of carbonyl (C=O) groups excluding carboxylic acids is 1. The second-order valence-electron chi connectivity index (χ2n) is 10.4. The molecule has 4 rings (SSSR count). The van der Waals surface area contributed by atoms with Crippen LogP contribution in [-0.4, -0.2) is 45.7 Å². The van der Waals surface area contributed by atoms with Crippen molar-refractivity contribution in [3.8, 4) is 0 Å². The topological polar surface area (TPSA) is 99.3 Å². The van der Waals surface area contributed by atoms with E-state index in [0.29, 0.717) is 12.0 Å². The van der Waals surface area contributed by atoms with Crippen LogP contribution in [0.3, 0.4) is 0 Å². The van der Waals surface area contributed by atoms with Crippen LogP contribution in [-0.2, 0) is 29.5 Å². The summed E-state index contributed by atoms with van der Waals surface area (Å²) in [5, 5.41) is 26.8. The number of hydrogen-bond donors (Lipinski definition) is 4. The first-order chi connectivity index (χ1) is 17.4. The number of H-pyrrole nitrogens is 1. The largest absolute Gasteiger partial charge is 0.444 e. The van der Waals surface area contributed by atoms with Gasteiger partial charge in [-0.15, -0.1) is 11.3 Å². The third kappa shape index (κ3) is 7.16. The second kappa shape index (κ2) is 11.2. The zero-order valence-electron chi connectivity index (χ0n) is 20.9. The first-order valence-electron chi connectivity index (χ1n) is 12.1. The number of fused-ring (bicyclic) bond motifs is 1. The van der Waals surface area contributed by atoms with Gasteiger partial charge in [0.25, 0.3) is 0 Å². The van der Waals surface area contributed by atoms with Gasteiger partial charge >= 0.3 is 6.09 Å². The molecule has 3 aromatic rings. The van der Waals surface area contributed by atoms with Gasteiger partial charge in [-0.05, 0) is 91.7 Å². The molecule has 0 fully saturated rings. The van der Waals surface area contributed by atoms with Crippen molar-refractivity contribution in [3.63, 3.8) is 0 Å². The standard InChI is InChI=1S/C26H31BrF2N4O3S/c1-25(2,3)36-24(35)32-21(8-15-6-18(28)10-19(29)7-15)22(34)13-30-26(23-9-17(27)14-37-23)5-4-20-16(11-26)12-31-33-20/h6-7,9-10,12,14,21-22,30,34H,4-5,8,11,13H2,1-3H3,(H,31,33)(H,32,35)/t21?,22-,26?/m1/s1. The summed E-state index contributed by atoms with van der Waals surface area (Å²) >= 11 is 5.16. The summed E-state index contributed by atoms with van der Waals surface area (Å²) in [6.45, 7) is 5.33. The Hall–Kier alpha value is -2.34. The Labute approximate surface area is 227 Å². The highest BCUT2D eigenvalue weighted by atomic mass is 79.9. The van der Waals surface area contributed by atoms with Gasteiger partial charge in [0.1, 0.15) is 17.2 Å². The SMILES string of the molecule is CC(C)(C)OC(=O)NC(Cc1cc(F)cc(F)c1)[C@H](O)CNC1(c2cc(Br)cs2)CCc2[nH]ncc2C1. The molecule has 2 heterocycles. The molecule has 0 radical (unpaired) electrons. The lowest BCUT2D eigenvalue weighted by Crippen LogP contribution is -2.54. The van der Waals surface area contributed by atoms with Crippen molar-refractivity contribution in [2.45, 2.75) is 69.7 Å². The summed E-state index contributed by atoms with van der Waals surface area (Å²) in [4.78, 5) is 13.7. The average Bonchev–Trinajstić information content (AvgIpc) is 3.43. The van der Waals surface area contributed by atoms with Gasteiger partial charge in [0.15, 0.2) is 0 Å². The van der Waals surface area contributed by atoms with Gasteiger partial charge in [-0.3, -0.25) is 5.10 Å². The van der Waals surface area contributed by atoms with Crippen LogP contribution in [0, 0.1) is 11.6 Å². The van der Waals surface area contributed by atoms with Gasteiger partial charge in [0.2, 0.25) is 0 Å². The number of aliphatic hydroxyl groups excluding tert-OH is 1. The molecular formula is C26H31BrF2N4O3S. The molecule has 1 aliphatic carbocycles. The summed E-state index contributed by atoms with van der Waals surface area (Å²) in [6, 6.07) is 4.39. The lowest BCUT2D eigenvalue weighted by atomic mass is 9.79. The fourth-order valence-corrected chi connectivity index (χ4v) is 6.27. The van der Waals surface area contributed by atoms with Crippen LogP contribution in [0.1, 0.15) is 48.9 Å². The number of aryl methyl sites for hydroxylation is 1. The maximum atomic E-state index is 13.9. The van der Waals surface area contributed by atoms with Crippen molar-refractivity contribution in [1.29, 1.82) is 0 Å². The van der Waals surface area contributed by atoms with E-state index in [0.717, 1.165) is 39.5 Å². The Kier molecular flexibility index (Phi) is 8.37. The molecule has 2 unspecified atom stereocenters. The number of thiophene rings is 1. The van der Waals surface area contributed by atoms with Crippen LogP contribution in [0.25, 0.3) is 0 Å². The minimum atomic E-state index is -1.08. The first kappa shape index (κ1) is 27.7. The van der Waals surface area contributed by atoms with E-state index in [4.69, 9.17) is 4.74 Å². The van der Waals surface area contributed by atoms with Crippen molar-refractivity contribution in [1.82, 2.24) is 20.8 Å². The third-order valence-corrected chi connectivity index (χ3v) is 8.23. The number of hydrogen-bond acceptors (Lipinski definition) is 6. The van der Waals surface area contributed by atoms with Gasteiger partial charge in [-0.2, -0.15) is 5.10 Å². The summed E-state index contributed by atoms with van der Waals surface area (Å²) in [5.74, 6) is -1.45. The van der Waals surface area contributed by atoms with Crippen LogP contribution in [0.2, 0.25) is 0 Å². The van der Waals surface area contributed by atoms with E-state index in [9.17, 15) is 18.7 Å². The van der Waals surface area contributed by atoms with Crippen molar-refractivity contribution in [2.75, 3.05) is 6.54 Å². The van der Waals surface area contributed by atoms with Crippen molar-refractivity contribution >= 4 is 33.4 Å². The number of carbonyl (C=O) groups is 1. The van der Waals surface area contributed by atoms with Crippen molar-refractivity contribution < 1.29 is 23.4 Å². The molecule has 2 aromatic heterocycles. The number of aromatic nitrogens is 2. The highest BCUT2D eigenvalue weighted by Gasteiger charge is 2.39. The normalized spacial score (nSPS) is 19.2. The molecule has 7 nitrogen and oxygen atoms in total. The fraction of sp³-hybridized carbons (Fsp3) is 0.462. The van der Waals surface area contributed by atoms with Crippen LogP contribution >= 0.6 is 27.3 Å². The Morgan fingerprint density at radius 1 is 1.30 bits per heavy atom. The number of amides is 1. The minimum absolute atomic E-state index is 0.0141. The second-order valence-corrected chi connectivity index (χ2v) is 12.3. The maximum Gasteiger partial charge on any atom is 0.407 e. The summed E-state index contributed by atoms with van der Waals surface area (Å²) < 4.78 is 34.1. The molecule has 37 heavy (non-hydrogen) atoms. The molecule has 0 saturated carbocycles. The number of aliphatic hydroxyl groups is 1. The van der Waals surface area contributed by atoms with Crippen molar-refractivity contribution in [3.05, 3.63) is 73.6 Å². The fourth-order valence-electron chi connectivity index (χ4n) is 4.64. The highest BCUT2D eigenvalue weighted by molar-refractivity contribution is 9.10. The van der Waals surface area contributed by atoms with Crippen molar-refractivity contribution in [2.24, 2.45) is 0 Å². The van der Waals surface area contributed by atoms with E-state index in [1.165, 1.54) is 12.1 Å². The monoisotopic (exact) mass is 596 g/mol. The maximum absolute atomic E-state index is 13.9. The average molecular weight is 598 g/mol. The predicted molar refractivity (Wildman–Crippen MR) is 142 cm³/mol. The molecule has 1 amide bonds. The zero-order valence-corrected chi connectivity index (χ0v) is 23.3. The van der Waals surface area contributed by atoms with Gasteiger partial charge in [0.05, 0.1) is 23.9 Å². The van der Waals surface area contributed by atoms with Gasteiger partial charge in [0, 0.05) is 33.0 Å². The van der Waals surface area contributed by atoms with Gasteiger partial charge in [-0.1, -0.05) is 0 Å². The Morgan fingerprint density at radius 3 is 2.68 bits per heavy atom. The molecular weight excluding hydrogens is 566 g/mol. The quantitative estimate of drug-likeness (QED) is 0.294. The first-order valence-corrected chi connectivity index (χ1v) is 13.7. The van der Waals surface area contributed by atoms with E-state index in [1.807, 2.05) is 11.6 Å². The van der Waals surface area contributed by atoms with E-state index in [1.54, 1.807) is 32.1 Å². The Bertz CT molecular complexity index is 1220. The lowest BCUT2D eigenvalue weighted by Gasteiger charge is -2.39. The van der Waals surface area contributed by atoms with Gasteiger partial charge in [-0.25, -0.2) is 13.6 Å². The molecule has 4 N–H and O–H groups in total. The van der Waals surface area contributed by atoms with E-state index < -0.39 is 41.0 Å². The number of nitrogens with zero attached hydrogens (tertiary/aromatic N) is 1. The smallest absolute Gasteiger partial charge is 0.407 e. The molecule has 0 spiro atoms. The highest BCUT2D eigenvalue weighted by Crippen LogP contribution is 2.40. The third-order valence-electron chi connectivity index (χ3n) is 6.33. The number of benzene rings is 1. The zero-order chi connectivity index (χ0) is 26.8. The Balaban J connectivity index is 1.55. The molecule has 3 atom stereocenters. The number of halogens is 3. The number of aromatic amines is 1. The number of ether oxygens (including phenoxy) is 1. The van der Waals surface area contributed by atoms with Crippen LogP contribution in [0.4, 0.5) is 13.6 Å². The van der Waals surface area contributed by atoms with Gasteiger partial charge < -0.3 is 20.5 Å². The Morgan fingerprint density at radius 2 is 2.03 bits per heavy atom. The number of rotatable bonds is 8. The molecule has 11 heteroatoms.